The van der Waals surface area contributed by atoms with E-state index in [1.807, 2.05) is 31.2 Å². The van der Waals surface area contributed by atoms with Crippen molar-refractivity contribution in [3.05, 3.63) is 41.2 Å². The number of aromatic amines is 1. The van der Waals surface area contributed by atoms with Crippen molar-refractivity contribution < 1.29 is 13.2 Å². The van der Waals surface area contributed by atoms with Gasteiger partial charge in [-0.1, -0.05) is 17.7 Å². The zero-order chi connectivity index (χ0) is 18.5. The van der Waals surface area contributed by atoms with Gasteiger partial charge in [0, 0.05) is 24.9 Å². The van der Waals surface area contributed by atoms with E-state index < -0.39 is 10.0 Å². The molecule has 1 N–H and O–H groups in total. The Morgan fingerprint density at radius 1 is 1.08 bits per heavy atom. The number of piperidine rings is 1. The third-order valence-corrected chi connectivity index (χ3v) is 7.81. The van der Waals surface area contributed by atoms with E-state index in [2.05, 4.69) is 10.2 Å². The molecular formula is C19H25N3O3S. The summed E-state index contributed by atoms with van der Waals surface area (Å²) >= 11 is 0. The van der Waals surface area contributed by atoms with E-state index in [1.165, 1.54) is 5.56 Å². The second kappa shape index (κ2) is 6.39. The number of ether oxygens (including phenoxy) is 1. The van der Waals surface area contributed by atoms with E-state index in [0.717, 1.165) is 31.4 Å². The van der Waals surface area contributed by atoms with Gasteiger partial charge in [-0.3, -0.25) is 5.10 Å². The van der Waals surface area contributed by atoms with E-state index in [4.69, 9.17) is 4.74 Å². The van der Waals surface area contributed by atoms with Gasteiger partial charge >= 0.3 is 0 Å². The Labute approximate surface area is 154 Å². The van der Waals surface area contributed by atoms with Gasteiger partial charge in [-0.2, -0.15) is 9.40 Å². The largest absolute Gasteiger partial charge is 0.490 e. The lowest BCUT2D eigenvalue weighted by Gasteiger charge is -2.37. The van der Waals surface area contributed by atoms with Crippen LogP contribution < -0.4 is 4.74 Å². The highest BCUT2D eigenvalue weighted by atomic mass is 32.2. The van der Waals surface area contributed by atoms with Crippen molar-refractivity contribution in [3.63, 3.8) is 0 Å². The number of hydrogen-bond donors (Lipinski definition) is 1. The summed E-state index contributed by atoms with van der Waals surface area (Å²) in [5.41, 5.74) is 2.35. The van der Waals surface area contributed by atoms with Crippen molar-refractivity contribution in [2.75, 3.05) is 0 Å². The smallest absolute Gasteiger partial charge is 0.247 e. The quantitative estimate of drug-likeness (QED) is 0.891. The maximum Gasteiger partial charge on any atom is 0.247 e. The molecule has 2 fully saturated rings. The molecule has 0 radical (unpaired) electrons. The van der Waals surface area contributed by atoms with Crippen LogP contribution in [0.15, 0.2) is 29.2 Å². The van der Waals surface area contributed by atoms with E-state index >= 15 is 0 Å². The maximum absolute atomic E-state index is 13.3. The molecule has 26 heavy (non-hydrogen) atoms. The summed E-state index contributed by atoms with van der Waals surface area (Å²) in [6.45, 7) is 5.56. The zero-order valence-electron chi connectivity index (χ0n) is 15.4. The topological polar surface area (TPSA) is 75.3 Å². The molecule has 2 aromatic rings. The normalized spacial score (nSPS) is 26.2. The molecule has 2 aliphatic rings. The highest BCUT2D eigenvalue weighted by Gasteiger charge is 2.48. The van der Waals surface area contributed by atoms with Gasteiger partial charge in [-0.05, 0) is 45.7 Å². The Morgan fingerprint density at radius 3 is 2.23 bits per heavy atom. The molecule has 0 spiro atoms. The van der Waals surface area contributed by atoms with E-state index in [-0.39, 0.29) is 18.2 Å². The van der Waals surface area contributed by atoms with Gasteiger partial charge in [0.25, 0.3) is 0 Å². The standard InChI is InChI=1S/C19H25N3O3S/c1-12-4-8-17(9-5-12)25-18-10-15-6-7-16(11-18)22(15)26(23,24)19-13(2)20-21-14(19)3/h4-5,8-9,15-16,18H,6-7,10-11H2,1-3H3,(H,20,21)/t15-,16+,18+. The summed E-state index contributed by atoms with van der Waals surface area (Å²) in [4.78, 5) is 0.340. The minimum Gasteiger partial charge on any atom is -0.490 e. The first-order valence-electron chi connectivity index (χ1n) is 9.14. The van der Waals surface area contributed by atoms with Gasteiger partial charge in [0.1, 0.15) is 16.7 Å². The Kier molecular flexibility index (Phi) is 4.31. The molecule has 1 aromatic heterocycles. The lowest BCUT2D eigenvalue weighted by Crippen LogP contribution is -2.49. The van der Waals surface area contributed by atoms with Gasteiger partial charge in [-0.15, -0.1) is 0 Å². The molecule has 2 saturated heterocycles. The Balaban J connectivity index is 1.55. The third-order valence-electron chi connectivity index (χ3n) is 5.54. The summed E-state index contributed by atoms with van der Waals surface area (Å²) in [7, 11) is -3.53. The van der Waals surface area contributed by atoms with Crippen molar-refractivity contribution in [3.8, 4) is 5.75 Å². The molecule has 0 aliphatic carbocycles. The molecule has 3 atom stereocenters. The number of hydrogen-bond acceptors (Lipinski definition) is 4. The van der Waals surface area contributed by atoms with Crippen molar-refractivity contribution >= 4 is 10.0 Å². The van der Waals surface area contributed by atoms with Gasteiger partial charge in [0.05, 0.1) is 11.4 Å². The van der Waals surface area contributed by atoms with Crippen LogP contribution in [0.3, 0.4) is 0 Å². The monoisotopic (exact) mass is 375 g/mol. The molecule has 1 aromatic carbocycles. The molecule has 0 amide bonds. The number of rotatable bonds is 4. The van der Waals surface area contributed by atoms with E-state index in [1.54, 1.807) is 18.2 Å². The predicted octanol–water partition coefficient (Wildman–Crippen LogP) is 3.10. The van der Waals surface area contributed by atoms with Crippen molar-refractivity contribution in [1.29, 1.82) is 0 Å². The molecule has 7 heteroatoms. The molecule has 3 heterocycles. The van der Waals surface area contributed by atoms with Crippen LogP contribution >= 0.6 is 0 Å². The second-order valence-electron chi connectivity index (χ2n) is 7.51. The number of benzene rings is 1. The first-order chi connectivity index (χ1) is 12.4. The Bertz CT molecular complexity index is 871. The van der Waals surface area contributed by atoms with Crippen LogP contribution in [0, 0.1) is 20.8 Å². The van der Waals surface area contributed by atoms with Gasteiger partial charge in [0.2, 0.25) is 10.0 Å². The minimum atomic E-state index is -3.53. The fourth-order valence-electron chi connectivity index (χ4n) is 4.41. The van der Waals surface area contributed by atoms with Crippen LogP contribution in [0.1, 0.15) is 42.6 Å². The number of sulfonamides is 1. The molecule has 4 rings (SSSR count). The second-order valence-corrected chi connectivity index (χ2v) is 9.29. The summed E-state index contributed by atoms with van der Waals surface area (Å²) in [6, 6.07) is 8.05. The predicted molar refractivity (Wildman–Crippen MR) is 98.7 cm³/mol. The molecule has 2 aliphatic heterocycles. The highest BCUT2D eigenvalue weighted by molar-refractivity contribution is 7.89. The van der Waals surface area contributed by atoms with Crippen LogP contribution in [0.2, 0.25) is 0 Å². The fraction of sp³-hybridized carbons (Fsp3) is 0.526. The van der Waals surface area contributed by atoms with E-state index in [0.29, 0.717) is 16.3 Å². The molecule has 0 unspecified atom stereocenters. The van der Waals surface area contributed by atoms with Crippen molar-refractivity contribution in [1.82, 2.24) is 14.5 Å². The van der Waals surface area contributed by atoms with Gasteiger partial charge in [0.15, 0.2) is 0 Å². The number of fused-ring (bicyclic) bond motifs is 2. The lowest BCUT2D eigenvalue weighted by atomic mass is 10.0. The fourth-order valence-corrected chi connectivity index (χ4v) is 6.64. The molecule has 0 saturated carbocycles. The Morgan fingerprint density at radius 2 is 1.69 bits per heavy atom. The van der Waals surface area contributed by atoms with Crippen LogP contribution in [0.4, 0.5) is 0 Å². The number of aromatic nitrogens is 2. The lowest BCUT2D eigenvalue weighted by molar-refractivity contribution is 0.0956. The molecule has 2 bridgehead atoms. The maximum atomic E-state index is 13.3. The molecule has 6 nitrogen and oxygen atoms in total. The van der Waals surface area contributed by atoms with Crippen LogP contribution in [-0.4, -0.2) is 41.1 Å². The zero-order valence-corrected chi connectivity index (χ0v) is 16.2. The summed E-state index contributed by atoms with van der Waals surface area (Å²) in [5, 5.41) is 6.87. The van der Waals surface area contributed by atoms with Crippen LogP contribution in [-0.2, 0) is 10.0 Å². The van der Waals surface area contributed by atoms with Crippen molar-refractivity contribution in [2.45, 2.75) is 69.5 Å². The van der Waals surface area contributed by atoms with Crippen LogP contribution in [0.5, 0.6) is 5.75 Å². The SMILES string of the molecule is Cc1ccc(O[C@H]2C[C@H]3CC[C@@H](C2)N3S(=O)(=O)c2c(C)n[nH]c2C)cc1. The number of aryl methyl sites for hydroxylation is 3. The summed E-state index contributed by atoms with van der Waals surface area (Å²) in [6.07, 6.45) is 3.33. The van der Waals surface area contributed by atoms with Gasteiger partial charge in [-0.25, -0.2) is 8.42 Å². The summed E-state index contributed by atoms with van der Waals surface area (Å²) < 4.78 is 34.4. The molecular weight excluding hydrogens is 350 g/mol. The minimum absolute atomic E-state index is 0.00268. The highest BCUT2D eigenvalue weighted by Crippen LogP contribution is 2.41. The van der Waals surface area contributed by atoms with Crippen molar-refractivity contribution in [2.24, 2.45) is 0 Å². The van der Waals surface area contributed by atoms with Gasteiger partial charge < -0.3 is 4.74 Å². The number of nitrogens with zero attached hydrogens (tertiary/aromatic N) is 2. The first kappa shape index (κ1) is 17.5. The third kappa shape index (κ3) is 2.93. The Hall–Kier alpha value is -1.86. The average molecular weight is 375 g/mol. The summed E-state index contributed by atoms with van der Waals surface area (Å²) in [5.74, 6) is 0.859. The average Bonchev–Trinajstić information content (AvgIpc) is 3.07. The van der Waals surface area contributed by atoms with E-state index in [9.17, 15) is 8.42 Å². The number of H-pyrrole nitrogens is 1. The van der Waals surface area contributed by atoms with Crippen LogP contribution in [0.25, 0.3) is 0 Å². The molecule has 140 valence electrons. The first-order valence-corrected chi connectivity index (χ1v) is 10.6. The number of nitrogens with one attached hydrogen (secondary N) is 1.